The van der Waals surface area contributed by atoms with Gasteiger partial charge in [-0.15, -0.1) is 0 Å². The van der Waals surface area contributed by atoms with Crippen molar-refractivity contribution < 1.29 is 18.9 Å². The van der Waals surface area contributed by atoms with E-state index in [4.69, 9.17) is 18.9 Å². The zero-order chi connectivity index (χ0) is 27.3. The number of rotatable bonds is 16. The molecule has 0 bridgehead atoms. The van der Waals surface area contributed by atoms with Gasteiger partial charge >= 0.3 is 0 Å². The molecule has 0 unspecified atom stereocenters. The predicted molar refractivity (Wildman–Crippen MR) is 160 cm³/mol. The third-order valence-corrected chi connectivity index (χ3v) is 7.53. The van der Waals surface area contributed by atoms with Crippen molar-refractivity contribution in [3.05, 3.63) is 77.4 Å². The molecule has 39 heavy (non-hydrogen) atoms. The summed E-state index contributed by atoms with van der Waals surface area (Å²) in [5, 5.41) is 0. The first-order valence-electron chi connectivity index (χ1n) is 15.3. The molecule has 3 atom stereocenters. The maximum absolute atomic E-state index is 6.71. The van der Waals surface area contributed by atoms with Crippen LogP contribution in [-0.2, 0) is 20.6 Å². The predicted octanol–water partition coefficient (Wildman–Crippen LogP) is 8.78. The van der Waals surface area contributed by atoms with E-state index in [9.17, 15) is 0 Å². The standard InChI is InChI=1S/C35H48O4/c1-4-7-17-36-26-32-24-31(37-18-8-5-2)25-35(39-32)33-23-27(15-16-34(33)38-19-9-6-3)20-28-21-29-13-11-10-12-14-30(29)22-28/h10-16,21-23,31-32,35H,4-9,17-20,24-26H2,1-3H3/t31-,32-,35+/m0/s1. The fourth-order valence-electron chi connectivity index (χ4n) is 5.31. The lowest BCUT2D eigenvalue weighted by molar-refractivity contribution is -0.138. The van der Waals surface area contributed by atoms with Gasteiger partial charge in [0.15, 0.2) is 0 Å². The molecule has 1 aromatic rings. The highest BCUT2D eigenvalue weighted by molar-refractivity contribution is 5.68. The number of unbranched alkanes of at least 4 members (excludes halogenated alkanes) is 3. The molecule has 2 aliphatic carbocycles. The molecule has 3 aliphatic rings. The first kappa shape index (κ1) is 29.6. The summed E-state index contributed by atoms with van der Waals surface area (Å²) in [7, 11) is 0. The second kappa shape index (κ2) is 16.0. The second-order valence-electron chi connectivity index (χ2n) is 10.9. The van der Waals surface area contributed by atoms with Crippen LogP contribution in [0.25, 0.3) is 11.1 Å². The highest BCUT2D eigenvalue weighted by Crippen LogP contribution is 2.39. The van der Waals surface area contributed by atoms with Crippen LogP contribution in [0.3, 0.4) is 0 Å². The third kappa shape index (κ3) is 9.06. The van der Waals surface area contributed by atoms with Crippen molar-refractivity contribution in [2.45, 2.75) is 96.9 Å². The summed E-state index contributed by atoms with van der Waals surface area (Å²) in [6.45, 7) is 9.53. The summed E-state index contributed by atoms with van der Waals surface area (Å²) < 4.78 is 25.4. The van der Waals surface area contributed by atoms with Crippen molar-refractivity contribution in [3.8, 4) is 16.9 Å². The molecular weight excluding hydrogens is 484 g/mol. The molecule has 1 fully saturated rings. The van der Waals surface area contributed by atoms with Gasteiger partial charge in [-0.3, -0.25) is 0 Å². The first-order chi connectivity index (χ1) is 19.2. The Morgan fingerprint density at radius 3 is 2.21 bits per heavy atom. The molecule has 0 radical (unpaired) electrons. The monoisotopic (exact) mass is 532 g/mol. The molecule has 4 heteroatoms. The third-order valence-electron chi connectivity index (χ3n) is 7.53. The molecule has 1 saturated heterocycles. The van der Waals surface area contributed by atoms with Crippen LogP contribution in [0.1, 0.15) is 94.9 Å². The van der Waals surface area contributed by atoms with Crippen molar-refractivity contribution in [1.82, 2.24) is 0 Å². The Bertz CT molecular complexity index is 1050. The largest absolute Gasteiger partial charge is 0.493 e. The highest BCUT2D eigenvalue weighted by atomic mass is 16.5. The minimum atomic E-state index is -0.0699. The molecule has 0 aromatic heterocycles. The van der Waals surface area contributed by atoms with E-state index in [0.29, 0.717) is 6.61 Å². The van der Waals surface area contributed by atoms with E-state index in [1.54, 1.807) is 0 Å². The van der Waals surface area contributed by atoms with E-state index in [1.165, 1.54) is 22.3 Å². The molecule has 4 nitrogen and oxygen atoms in total. The summed E-state index contributed by atoms with van der Waals surface area (Å²) in [5.74, 6) is 0.941. The van der Waals surface area contributed by atoms with Crippen LogP contribution in [0.15, 0.2) is 60.7 Å². The fraction of sp³-hybridized carbons (Fsp3) is 0.543. The van der Waals surface area contributed by atoms with Crippen LogP contribution in [0.5, 0.6) is 5.75 Å². The van der Waals surface area contributed by atoms with Gasteiger partial charge in [0.05, 0.1) is 31.5 Å². The van der Waals surface area contributed by atoms with Crippen molar-refractivity contribution >= 4 is 0 Å². The van der Waals surface area contributed by atoms with Crippen molar-refractivity contribution in [2.75, 3.05) is 26.4 Å². The molecule has 1 heterocycles. The first-order valence-corrected chi connectivity index (χ1v) is 15.3. The molecule has 0 saturated carbocycles. The Morgan fingerprint density at radius 1 is 0.744 bits per heavy atom. The number of hydrogen-bond donors (Lipinski definition) is 0. The summed E-state index contributed by atoms with van der Waals surface area (Å²) in [5.41, 5.74) is 6.32. The lowest BCUT2D eigenvalue weighted by atomic mass is 9.93. The van der Waals surface area contributed by atoms with Crippen LogP contribution in [-0.4, -0.2) is 38.6 Å². The van der Waals surface area contributed by atoms with Gasteiger partial charge in [-0.05, 0) is 60.1 Å². The number of fused-ring (bicyclic) bond motifs is 1. The molecule has 0 amide bonds. The molecular formula is C35H48O4. The van der Waals surface area contributed by atoms with Crippen LogP contribution in [0.4, 0.5) is 0 Å². The van der Waals surface area contributed by atoms with Gasteiger partial charge in [-0.1, -0.05) is 88.6 Å². The highest BCUT2D eigenvalue weighted by Gasteiger charge is 2.33. The van der Waals surface area contributed by atoms with E-state index >= 15 is 0 Å². The summed E-state index contributed by atoms with van der Waals surface area (Å²) in [4.78, 5) is 0. The van der Waals surface area contributed by atoms with Crippen molar-refractivity contribution in [1.29, 1.82) is 0 Å². The van der Waals surface area contributed by atoms with Crippen molar-refractivity contribution in [2.24, 2.45) is 0 Å². The molecule has 0 spiro atoms. The Morgan fingerprint density at radius 2 is 1.46 bits per heavy atom. The van der Waals surface area contributed by atoms with Gasteiger partial charge in [-0.25, -0.2) is 0 Å². The van der Waals surface area contributed by atoms with Gasteiger partial charge in [0.1, 0.15) is 5.75 Å². The maximum Gasteiger partial charge on any atom is 0.125 e. The Kier molecular flexibility index (Phi) is 12.1. The minimum Gasteiger partial charge on any atom is -0.493 e. The van der Waals surface area contributed by atoms with Crippen LogP contribution in [0, 0.1) is 0 Å². The van der Waals surface area contributed by atoms with E-state index in [-0.39, 0.29) is 18.3 Å². The maximum atomic E-state index is 6.71. The molecule has 0 N–H and O–H groups in total. The number of benzene rings is 1. The molecule has 4 rings (SSSR count). The van der Waals surface area contributed by atoms with E-state index in [0.717, 1.165) is 88.9 Å². The van der Waals surface area contributed by atoms with Gasteiger partial charge < -0.3 is 18.9 Å². The normalized spacial score (nSPS) is 19.4. The van der Waals surface area contributed by atoms with Crippen LogP contribution < -0.4 is 4.74 Å². The zero-order valence-electron chi connectivity index (χ0n) is 24.3. The summed E-state index contributed by atoms with van der Waals surface area (Å²) in [6.07, 6.45) is 9.35. The van der Waals surface area contributed by atoms with Crippen LogP contribution in [0.2, 0.25) is 0 Å². The van der Waals surface area contributed by atoms with Crippen LogP contribution >= 0.6 is 0 Å². The topological polar surface area (TPSA) is 36.9 Å². The average molecular weight is 533 g/mol. The lowest BCUT2D eigenvalue weighted by Gasteiger charge is -2.36. The smallest absolute Gasteiger partial charge is 0.125 e. The quantitative estimate of drug-likeness (QED) is 0.173. The SMILES string of the molecule is CCCCOC[C@@H]1C[C@H](OCCCC)C[C@H](c2cc(Cc3cc4cccccc-4c3)ccc2OCCCC)O1. The fourth-order valence-corrected chi connectivity index (χ4v) is 5.31. The van der Waals surface area contributed by atoms with Gasteiger partial charge in [0.2, 0.25) is 0 Å². The van der Waals surface area contributed by atoms with Crippen molar-refractivity contribution in [3.63, 3.8) is 0 Å². The molecule has 1 aliphatic heterocycles. The Hall–Kier alpha value is -2.40. The number of hydrogen-bond acceptors (Lipinski definition) is 4. The van der Waals surface area contributed by atoms with Gasteiger partial charge in [0.25, 0.3) is 0 Å². The zero-order valence-corrected chi connectivity index (χ0v) is 24.3. The molecule has 212 valence electrons. The van der Waals surface area contributed by atoms with E-state index < -0.39 is 0 Å². The molecule has 1 aromatic carbocycles. The Balaban J connectivity index is 1.56. The van der Waals surface area contributed by atoms with E-state index in [2.05, 4.69) is 81.4 Å². The van der Waals surface area contributed by atoms with Gasteiger partial charge in [-0.2, -0.15) is 0 Å². The average Bonchev–Trinajstić information content (AvgIpc) is 3.19. The van der Waals surface area contributed by atoms with E-state index in [1.807, 2.05) is 0 Å². The number of ether oxygens (including phenoxy) is 4. The second-order valence-corrected chi connectivity index (χ2v) is 10.9. The lowest BCUT2D eigenvalue weighted by Crippen LogP contribution is -2.36. The summed E-state index contributed by atoms with van der Waals surface area (Å²) >= 11 is 0. The Labute approximate surface area is 236 Å². The van der Waals surface area contributed by atoms with Gasteiger partial charge in [0, 0.05) is 31.6 Å². The minimum absolute atomic E-state index is 0.0282. The summed E-state index contributed by atoms with van der Waals surface area (Å²) in [6, 6.07) is 22.0.